The summed E-state index contributed by atoms with van der Waals surface area (Å²) in [5.74, 6) is 0.754. The highest BCUT2D eigenvalue weighted by Gasteiger charge is 2.20. The first-order chi connectivity index (χ1) is 10.0. The normalized spacial score (nSPS) is 23.8. The summed E-state index contributed by atoms with van der Waals surface area (Å²) in [4.78, 5) is 0. The molecule has 1 aromatic rings. The molecule has 118 valence electrons. The number of hydrogen-bond acceptors (Lipinski definition) is 3. The molecule has 3 nitrogen and oxygen atoms in total. The Morgan fingerprint density at radius 2 is 2.24 bits per heavy atom. The molecule has 1 fully saturated rings. The van der Waals surface area contributed by atoms with Gasteiger partial charge in [0.05, 0.1) is 18.8 Å². The van der Waals surface area contributed by atoms with Gasteiger partial charge in [-0.3, -0.25) is 0 Å². The SMILES string of the molecule is Cc1cc(NCC(O)COC2CCCC(C)C2)ccc1Br. The molecule has 0 heterocycles. The number of nitrogens with one attached hydrogen (secondary N) is 1. The van der Waals surface area contributed by atoms with Gasteiger partial charge in [-0.1, -0.05) is 35.7 Å². The second-order valence-electron chi connectivity index (χ2n) is 6.23. The van der Waals surface area contributed by atoms with Crippen molar-refractivity contribution in [3.63, 3.8) is 0 Å². The van der Waals surface area contributed by atoms with Crippen LogP contribution in [0.5, 0.6) is 0 Å². The molecule has 21 heavy (non-hydrogen) atoms. The summed E-state index contributed by atoms with van der Waals surface area (Å²) in [6.07, 6.45) is 4.69. The Morgan fingerprint density at radius 1 is 1.43 bits per heavy atom. The van der Waals surface area contributed by atoms with E-state index in [1.54, 1.807) is 0 Å². The predicted octanol–water partition coefficient (Wildman–Crippen LogP) is 4.13. The lowest BCUT2D eigenvalue weighted by Gasteiger charge is -2.27. The van der Waals surface area contributed by atoms with Crippen molar-refractivity contribution in [2.24, 2.45) is 5.92 Å². The molecule has 0 radical (unpaired) electrons. The Labute approximate surface area is 136 Å². The minimum Gasteiger partial charge on any atom is -0.389 e. The third kappa shape index (κ3) is 5.61. The highest BCUT2D eigenvalue weighted by atomic mass is 79.9. The molecule has 3 atom stereocenters. The van der Waals surface area contributed by atoms with E-state index < -0.39 is 6.10 Å². The van der Waals surface area contributed by atoms with Gasteiger partial charge in [-0.25, -0.2) is 0 Å². The largest absolute Gasteiger partial charge is 0.389 e. The Bertz CT molecular complexity index is 452. The molecule has 0 spiro atoms. The molecule has 2 rings (SSSR count). The molecule has 3 unspecified atom stereocenters. The monoisotopic (exact) mass is 355 g/mol. The molecule has 0 bridgehead atoms. The lowest BCUT2D eigenvalue weighted by Crippen LogP contribution is -2.30. The number of rotatable bonds is 6. The van der Waals surface area contributed by atoms with Crippen LogP contribution >= 0.6 is 15.9 Å². The highest BCUT2D eigenvalue weighted by molar-refractivity contribution is 9.10. The van der Waals surface area contributed by atoms with E-state index in [1.165, 1.54) is 18.4 Å². The van der Waals surface area contributed by atoms with Gasteiger partial charge in [0.1, 0.15) is 0 Å². The predicted molar refractivity (Wildman–Crippen MR) is 90.7 cm³/mol. The smallest absolute Gasteiger partial charge is 0.0945 e. The van der Waals surface area contributed by atoms with E-state index >= 15 is 0 Å². The number of aliphatic hydroxyl groups excluding tert-OH is 1. The van der Waals surface area contributed by atoms with Crippen molar-refractivity contribution < 1.29 is 9.84 Å². The minimum absolute atomic E-state index is 0.332. The summed E-state index contributed by atoms with van der Waals surface area (Å²) in [7, 11) is 0. The van der Waals surface area contributed by atoms with E-state index in [0.717, 1.165) is 28.9 Å². The van der Waals surface area contributed by atoms with Gasteiger partial charge >= 0.3 is 0 Å². The Morgan fingerprint density at radius 3 is 2.95 bits per heavy atom. The van der Waals surface area contributed by atoms with Gasteiger partial charge < -0.3 is 15.2 Å². The number of halogens is 1. The average Bonchev–Trinajstić information content (AvgIpc) is 2.46. The first-order valence-corrected chi connectivity index (χ1v) is 8.63. The fourth-order valence-electron chi connectivity index (χ4n) is 2.83. The Balaban J connectivity index is 1.69. The third-order valence-electron chi connectivity index (χ3n) is 4.11. The summed E-state index contributed by atoms with van der Waals surface area (Å²) in [6.45, 7) is 5.27. The lowest BCUT2D eigenvalue weighted by atomic mass is 9.89. The number of hydrogen-bond donors (Lipinski definition) is 2. The van der Waals surface area contributed by atoms with Gasteiger partial charge in [-0.05, 0) is 49.4 Å². The number of ether oxygens (including phenoxy) is 1. The van der Waals surface area contributed by atoms with Crippen LogP contribution in [0.2, 0.25) is 0 Å². The molecule has 0 aromatic heterocycles. The summed E-state index contributed by atoms with van der Waals surface area (Å²) in [6, 6.07) is 6.10. The number of aliphatic hydroxyl groups is 1. The van der Waals surface area contributed by atoms with E-state index in [9.17, 15) is 5.11 Å². The van der Waals surface area contributed by atoms with Crippen LogP contribution in [0.4, 0.5) is 5.69 Å². The van der Waals surface area contributed by atoms with E-state index in [0.29, 0.717) is 19.3 Å². The number of aryl methyl sites for hydroxylation is 1. The van der Waals surface area contributed by atoms with Gasteiger partial charge in [0.2, 0.25) is 0 Å². The van der Waals surface area contributed by atoms with E-state index in [2.05, 4.69) is 41.2 Å². The topological polar surface area (TPSA) is 41.5 Å². The lowest BCUT2D eigenvalue weighted by molar-refractivity contribution is -0.0274. The maximum atomic E-state index is 10.0. The minimum atomic E-state index is -0.466. The van der Waals surface area contributed by atoms with Crippen LogP contribution in [0, 0.1) is 12.8 Å². The zero-order valence-corrected chi connectivity index (χ0v) is 14.5. The molecular formula is C17H26BrNO2. The van der Waals surface area contributed by atoms with Gasteiger partial charge in [0, 0.05) is 16.7 Å². The van der Waals surface area contributed by atoms with Crippen LogP contribution in [0.15, 0.2) is 22.7 Å². The van der Waals surface area contributed by atoms with Crippen molar-refractivity contribution in [1.82, 2.24) is 0 Å². The van der Waals surface area contributed by atoms with Gasteiger partial charge in [0.25, 0.3) is 0 Å². The molecule has 4 heteroatoms. The van der Waals surface area contributed by atoms with Crippen molar-refractivity contribution in [3.8, 4) is 0 Å². The van der Waals surface area contributed by atoms with E-state index in [4.69, 9.17) is 4.74 Å². The van der Waals surface area contributed by atoms with Crippen LogP contribution in [0.3, 0.4) is 0 Å². The first kappa shape index (κ1) is 16.8. The quantitative estimate of drug-likeness (QED) is 0.806. The van der Waals surface area contributed by atoms with Gasteiger partial charge in [0.15, 0.2) is 0 Å². The van der Waals surface area contributed by atoms with Crippen LogP contribution in [0.25, 0.3) is 0 Å². The molecule has 1 aliphatic carbocycles. The molecule has 0 aliphatic heterocycles. The molecule has 0 saturated heterocycles. The van der Waals surface area contributed by atoms with Crippen LogP contribution < -0.4 is 5.32 Å². The van der Waals surface area contributed by atoms with Crippen molar-refractivity contribution in [3.05, 3.63) is 28.2 Å². The van der Waals surface area contributed by atoms with E-state index in [-0.39, 0.29) is 0 Å². The maximum Gasteiger partial charge on any atom is 0.0945 e. The average molecular weight is 356 g/mol. The third-order valence-corrected chi connectivity index (χ3v) is 5.00. The molecule has 2 N–H and O–H groups in total. The maximum absolute atomic E-state index is 10.0. The molecule has 0 amide bonds. The van der Waals surface area contributed by atoms with E-state index in [1.807, 2.05) is 12.1 Å². The second-order valence-corrected chi connectivity index (χ2v) is 7.08. The van der Waals surface area contributed by atoms with Crippen molar-refractivity contribution in [2.75, 3.05) is 18.5 Å². The Hall–Kier alpha value is -0.580. The van der Waals surface area contributed by atoms with Crippen LogP contribution in [-0.2, 0) is 4.74 Å². The standard InChI is InChI=1S/C17H26BrNO2/c1-12-4-3-5-16(8-12)21-11-15(20)10-19-14-6-7-17(18)13(2)9-14/h6-7,9,12,15-16,19-20H,3-5,8,10-11H2,1-2H3. The molecular weight excluding hydrogens is 330 g/mol. The Kier molecular flexibility index (Phi) is 6.52. The van der Waals surface area contributed by atoms with Crippen molar-refractivity contribution >= 4 is 21.6 Å². The fourth-order valence-corrected chi connectivity index (χ4v) is 3.07. The number of benzene rings is 1. The van der Waals surface area contributed by atoms with Crippen LogP contribution in [0.1, 0.15) is 38.2 Å². The van der Waals surface area contributed by atoms with Crippen LogP contribution in [-0.4, -0.2) is 30.5 Å². The molecule has 1 aromatic carbocycles. The fraction of sp³-hybridized carbons (Fsp3) is 0.647. The number of anilines is 1. The van der Waals surface area contributed by atoms with Crippen molar-refractivity contribution in [2.45, 2.75) is 51.7 Å². The zero-order valence-electron chi connectivity index (χ0n) is 12.9. The summed E-state index contributed by atoms with van der Waals surface area (Å²) < 4.78 is 6.95. The van der Waals surface area contributed by atoms with Gasteiger partial charge in [-0.2, -0.15) is 0 Å². The summed E-state index contributed by atoms with van der Waals surface area (Å²) in [5.41, 5.74) is 2.21. The summed E-state index contributed by atoms with van der Waals surface area (Å²) in [5, 5.41) is 13.3. The summed E-state index contributed by atoms with van der Waals surface area (Å²) >= 11 is 3.49. The molecule has 1 aliphatic rings. The van der Waals surface area contributed by atoms with Crippen molar-refractivity contribution in [1.29, 1.82) is 0 Å². The first-order valence-electron chi connectivity index (χ1n) is 7.84. The second kappa shape index (κ2) is 8.16. The highest BCUT2D eigenvalue weighted by Crippen LogP contribution is 2.25. The van der Waals surface area contributed by atoms with Gasteiger partial charge in [-0.15, -0.1) is 0 Å². The zero-order chi connectivity index (χ0) is 15.2. The molecule has 1 saturated carbocycles.